The van der Waals surface area contributed by atoms with Crippen molar-refractivity contribution < 1.29 is 9.53 Å². The standard InChI is InChI=1S/C9H13NO2S/c1-7(8-4-3-5-13-8)10-6-9(11)12-2/h3-5,7,10H,6H2,1-2H3/t7-/m0/s1. The van der Waals surface area contributed by atoms with Crippen molar-refractivity contribution in [1.82, 2.24) is 5.32 Å². The van der Waals surface area contributed by atoms with Crippen LogP contribution < -0.4 is 5.32 Å². The molecular weight excluding hydrogens is 186 g/mol. The Morgan fingerprint density at radius 3 is 3.08 bits per heavy atom. The molecule has 1 heterocycles. The zero-order valence-electron chi connectivity index (χ0n) is 7.74. The maximum absolute atomic E-state index is 10.8. The molecule has 0 amide bonds. The largest absolute Gasteiger partial charge is 0.468 e. The Labute approximate surface area is 81.7 Å². The summed E-state index contributed by atoms with van der Waals surface area (Å²) in [5.41, 5.74) is 0. The number of hydrogen-bond acceptors (Lipinski definition) is 4. The molecule has 0 saturated heterocycles. The van der Waals surface area contributed by atoms with Gasteiger partial charge in [-0.25, -0.2) is 0 Å². The molecule has 1 rings (SSSR count). The van der Waals surface area contributed by atoms with Crippen LogP contribution in [0.4, 0.5) is 0 Å². The smallest absolute Gasteiger partial charge is 0.319 e. The summed E-state index contributed by atoms with van der Waals surface area (Å²) in [6.07, 6.45) is 0. The summed E-state index contributed by atoms with van der Waals surface area (Å²) in [4.78, 5) is 12.0. The highest BCUT2D eigenvalue weighted by Gasteiger charge is 2.07. The Morgan fingerprint density at radius 1 is 1.77 bits per heavy atom. The average Bonchev–Trinajstić information content (AvgIpc) is 2.66. The molecule has 72 valence electrons. The third kappa shape index (κ3) is 3.16. The van der Waals surface area contributed by atoms with Gasteiger partial charge in [0.2, 0.25) is 0 Å². The van der Waals surface area contributed by atoms with E-state index in [-0.39, 0.29) is 18.6 Å². The van der Waals surface area contributed by atoms with E-state index in [1.165, 1.54) is 12.0 Å². The van der Waals surface area contributed by atoms with Crippen LogP contribution in [-0.4, -0.2) is 19.6 Å². The quantitative estimate of drug-likeness (QED) is 0.748. The third-order valence-electron chi connectivity index (χ3n) is 1.75. The first-order valence-electron chi connectivity index (χ1n) is 4.07. The Balaban J connectivity index is 2.34. The normalized spacial score (nSPS) is 12.5. The van der Waals surface area contributed by atoms with Crippen molar-refractivity contribution in [3.05, 3.63) is 22.4 Å². The minimum atomic E-state index is -0.233. The molecule has 0 saturated carbocycles. The van der Waals surface area contributed by atoms with E-state index < -0.39 is 0 Å². The highest BCUT2D eigenvalue weighted by Crippen LogP contribution is 2.17. The summed E-state index contributed by atoms with van der Waals surface area (Å²) in [7, 11) is 1.39. The number of carbonyl (C=O) groups excluding carboxylic acids is 1. The van der Waals surface area contributed by atoms with Crippen LogP contribution in [0.3, 0.4) is 0 Å². The van der Waals surface area contributed by atoms with Gasteiger partial charge in [0.25, 0.3) is 0 Å². The molecule has 0 aromatic carbocycles. The van der Waals surface area contributed by atoms with Gasteiger partial charge in [0, 0.05) is 10.9 Å². The Bertz CT molecular complexity index is 259. The molecule has 0 aliphatic heterocycles. The Kier molecular flexibility index (Phi) is 3.92. The van der Waals surface area contributed by atoms with Crippen molar-refractivity contribution in [3.63, 3.8) is 0 Å². The minimum absolute atomic E-state index is 0.207. The molecule has 0 aliphatic rings. The molecule has 0 radical (unpaired) electrons. The van der Waals surface area contributed by atoms with Gasteiger partial charge in [-0.1, -0.05) is 6.07 Å². The number of methoxy groups -OCH3 is 1. The summed E-state index contributed by atoms with van der Waals surface area (Å²) in [6.45, 7) is 2.28. The maximum Gasteiger partial charge on any atom is 0.319 e. The first-order valence-corrected chi connectivity index (χ1v) is 4.95. The lowest BCUT2D eigenvalue weighted by molar-refractivity contribution is -0.139. The fraction of sp³-hybridized carbons (Fsp3) is 0.444. The molecule has 1 atom stereocenters. The Hall–Kier alpha value is -0.870. The number of hydrogen-bond donors (Lipinski definition) is 1. The lowest BCUT2D eigenvalue weighted by Gasteiger charge is -2.10. The van der Waals surface area contributed by atoms with Crippen molar-refractivity contribution >= 4 is 17.3 Å². The van der Waals surface area contributed by atoms with Gasteiger partial charge >= 0.3 is 5.97 Å². The first-order chi connectivity index (χ1) is 6.24. The van der Waals surface area contributed by atoms with Crippen molar-refractivity contribution in [2.24, 2.45) is 0 Å². The fourth-order valence-corrected chi connectivity index (χ4v) is 1.71. The van der Waals surface area contributed by atoms with Crippen LogP contribution in [0, 0.1) is 0 Å². The van der Waals surface area contributed by atoms with Crippen LogP contribution in [0.5, 0.6) is 0 Å². The van der Waals surface area contributed by atoms with E-state index in [4.69, 9.17) is 0 Å². The molecule has 0 fully saturated rings. The summed E-state index contributed by atoms with van der Waals surface area (Å²) in [6, 6.07) is 4.25. The lowest BCUT2D eigenvalue weighted by Crippen LogP contribution is -2.26. The van der Waals surface area contributed by atoms with Gasteiger partial charge in [-0.15, -0.1) is 11.3 Å². The van der Waals surface area contributed by atoms with E-state index in [2.05, 4.69) is 10.1 Å². The molecule has 1 aromatic heterocycles. The zero-order valence-corrected chi connectivity index (χ0v) is 8.56. The number of carbonyl (C=O) groups is 1. The summed E-state index contributed by atoms with van der Waals surface area (Å²) >= 11 is 1.68. The van der Waals surface area contributed by atoms with E-state index >= 15 is 0 Å². The van der Waals surface area contributed by atoms with Gasteiger partial charge in [0.1, 0.15) is 0 Å². The fourth-order valence-electron chi connectivity index (χ4n) is 0.947. The van der Waals surface area contributed by atoms with Gasteiger partial charge < -0.3 is 4.74 Å². The highest BCUT2D eigenvalue weighted by molar-refractivity contribution is 7.10. The van der Waals surface area contributed by atoms with Crippen LogP contribution in [0.2, 0.25) is 0 Å². The van der Waals surface area contributed by atoms with Crippen LogP contribution in [0.1, 0.15) is 17.8 Å². The minimum Gasteiger partial charge on any atom is -0.468 e. The summed E-state index contributed by atoms with van der Waals surface area (Å²) < 4.78 is 4.52. The average molecular weight is 199 g/mol. The predicted octanol–water partition coefficient (Wildman–Crippen LogP) is 1.57. The van der Waals surface area contributed by atoms with Gasteiger partial charge in [-0.2, -0.15) is 0 Å². The summed E-state index contributed by atoms with van der Waals surface area (Å²) in [5, 5.41) is 5.09. The number of esters is 1. The van der Waals surface area contributed by atoms with Crippen molar-refractivity contribution in [3.8, 4) is 0 Å². The van der Waals surface area contributed by atoms with E-state index in [1.807, 2.05) is 24.4 Å². The highest BCUT2D eigenvalue weighted by atomic mass is 32.1. The monoisotopic (exact) mass is 199 g/mol. The van der Waals surface area contributed by atoms with Crippen LogP contribution in [-0.2, 0) is 9.53 Å². The molecule has 0 unspecified atom stereocenters. The molecule has 0 spiro atoms. The van der Waals surface area contributed by atoms with Crippen LogP contribution in [0.25, 0.3) is 0 Å². The van der Waals surface area contributed by atoms with E-state index in [0.717, 1.165) is 0 Å². The van der Waals surface area contributed by atoms with Crippen LogP contribution in [0.15, 0.2) is 17.5 Å². The molecule has 4 heteroatoms. The van der Waals surface area contributed by atoms with Gasteiger partial charge in [0.15, 0.2) is 0 Å². The van der Waals surface area contributed by atoms with Gasteiger partial charge in [-0.3, -0.25) is 10.1 Å². The third-order valence-corrected chi connectivity index (χ3v) is 2.81. The lowest BCUT2D eigenvalue weighted by atomic mass is 10.3. The number of ether oxygens (including phenoxy) is 1. The van der Waals surface area contributed by atoms with Gasteiger partial charge in [-0.05, 0) is 18.4 Å². The summed E-state index contributed by atoms with van der Waals surface area (Å²) in [5.74, 6) is -0.233. The number of rotatable bonds is 4. The van der Waals surface area contributed by atoms with E-state index in [0.29, 0.717) is 0 Å². The first kappa shape index (κ1) is 10.2. The van der Waals surface area contributed by atoms with E-state index in [1.54, 1.807) is 11.3 Å². The SMILES string of the molecule is COC(=O)CN[C@@H](C)c1cccs1. The molecular formula is C9H13NO2S. The second kappa shape index (κ2) is 4.99. The van der Waals surface area contributed by atoms with Crippen LogP contribution >= 0.6 is 11.3 Å². The molecule has 1 aromatic rings. The van der Waals surface area contributed by atoms with Gasteiger partial charge in [0.05, 0.1) is 13.7 Å². The van der Waals surface area contributed by atoms with Crippen molar-refractivity contribution in [1.29, 1.82) is 0 Å². The second-order valence-electron chi connectivity index (χ2n) is 2.69. The number of thiophene rings is 1. The topological polar surface area (TPSA) is 38.3 Å². The maximum atomic E-state index is 10.8. The number of nitrogens with one attached hydrogen (secondary N) is 1. The zero-order chi connectivity index (χ0) is 9.68. The molecule has 3 nitrogen and oxygen atoms in total. The second-order valence-corrected chi connectivity index (χ2v) is 3.67. The molecule has 1 N–H and O–H groups in total. The molecule has 0 bridgehead atoms. The van der Waals surface area contributed by atoms with Crippen molar-refractivity contribution in [2.45, 2.75) is 13.0 Å². The van der Waals surface area contributed by atoms with E-state index in [9.17, 15) is 4.79 Å². The Morgan fingerprint density at radius 2 is 2.54 bits per heavy atom. The predicted molar refractivity (Wildman–Crippen MR) is 52.8 cm³/mol. The van der Waals surface area contributed by atoms with Crippen molar-refractivity contribution in [2.75, 3.05) is 13.7 Å². The molecule has 13 heavy (non-hydrogen) atoms. The molecule has 0 aliphatic carbocycles.